The summed E-state index contributed by atoms with van der Waals surface area (Å²) in [7, 11) is 0. The molecule has 1 aromatic heterocycles. The van der Waals surface area contributed by atoms with E-state index in [0.29, 0.717) is 12.0 Å². The number of carbonyl (C=O) groups is 3. The van der Waals surface area contributed by atoms with Gasteiger partial charge in [0.2, 0.25) is 0 Å². The van der Waals surface area contributed by atoms with E-state index in [2.05, 4.69) is 4.98 Å². The number of hydrogen-bond donors (Lipinski definition) is 0. The molecule has 168 valence electrons. The van der Waals surface area contributed by atoms with Gasteiger partial charge in [0, 0.05) is 18.8 Å². The first-order chi connectivity index (χ1) is 15.6. The molecular formula is C23H23NO8. The van der Waals surface area contributed by atoms with E-state index < -0.39 is 42.3 Å². The van der Waals surface area contributed by atoms with Crippen LogP contribution < -0.4 is 4.74 Å². The Morgan fingerprint density at radius 1 is 0.969 bits per heavy atom. The topological polar surface area (TPSA) is 110 Å². The highest BCUT2D eigenvalue weighted by Crippen LogP contribution is 2.32. The minimum absolute atomic E-state index is 0.0970. The Balaban J connectivity index is 1.37. The summed E-state index contributed by atoms with van der Waals surface area (Å²) >= 11 is 0. The van der Waals surface area contributed by atoms with Crippen LogP contribution in [-0.4, -0.2) is 60.5 Å². The maximum atomic E-state index is 12.8. The highest BCUT2D eigenvalue weighted by molar-refractivity contribution is 5.93. The first-order valence-corrected chi connectivity index (χ1v) is 10.4. The summed E-state index contributed by atoms with van der Waals surface area (Å²) in [6.07, 6.45) is 1.43. The Morgan fingerprint density at radius 3 is 2.31 bits per heavy atom. The molecule has 3 heterocycles. The van der Waals surface area contributed by atoms with E-state index in [4.69, 9.17) is 23.7 Å². The predicted octanol–water partition coefficient (Wildman–Crippen LogP) is 2.34. The van der Waals surface area contributed by atoms with Gasteiger partial charge < -0.3 is 23.7 Å². The molecule has 1 aromatic carbocycles. The highest BCUT2D eigenvalue weighted by atomic mass is 16.7. The number of rotatable bonds is 7. The molecule has 9 heteroatoms. The van der Waals surface area contributed by atoms with Crippen LogP contribution in [0.15, 0.2) is 48.8 Å². The summed E-state index contributed by atoms with van der Waals surface area (Å²) in [5.74, 6) is -1.46. The van der Waals surface area contributed by atoms with Crippen LogP contribution in [0.3, 0.4) is 0 Å². The molecule has 32 heavy (non-hydrogen) atoms. The van der Waals surface area contributed by atoms with Crippen molar-refractivity contribution in [3.05, 3.63) is 59.9 Å². The lowest BCUT2D eigenvalue weighted by atomic mass is 10.1. The number of benzene rings is 1. The van der Waals surface area contributed by atoms with Crippen LogP contribution in [0.2, 0.25) is 0 Å². The van der Waals surface area contributed by atoms with E-state index in [-0.39, 0.29) is 30.9 Å². The molecule has 9 nitrogen and oxygen atoms in total. The molecule has 2 aromatic rings. The average molecular weight is 441 g/mol. The van der Waals surface area contributed by atoms with Crippen LogP contribution in [0.5, 0.6) is 5.75 Å². The maximum Gasteiger partial charge on any atom is 0.342 e. The van der Waals surface area contributed by atoms with Gasteiger partial charge in [-0.05, 0) is 30.7 Å². The molecule has 2 aliphatic heterocycles. The molecule has 0 saturated carbocycles. The Bertz CT molecular complexity index is 979. The molecule has 2 fully saturated rings. The predicted molar refractivity (Wildman–Crippen MR) is 109 cm³/mol. The van der Waals surface area contributed by atoms with Gasteiger partial charge in [-0.1, -0.05) is 19.1 Å². The zero-order chi connectivity index (χ0) is 22.5. The van der Waals surface area contributed by atoms with E-state index in [1.54, 1.807) is 30.5 Å². The molecule has 0 N–H and O–H groups in total. The third kappa shape index (κ3) is 4.79. The van der Waals surface area contributed by atoms with Crippen molar-refractivity contribution in [2.45, 2.75) is 44.2 Å². The summed E-state index contributed by atoms with van der Waals surface area (Å²) in [5, 5.41) is 0. The zero-order valence-corrected chi connectivity index (χ0v) is 17.5. The zero-order valence-electron chi connectivity index (χ0n) is 17.5. The Kier molecular flexibility index (Phi) is 6.77. The number of hydrogen-bond acceptors (Lipinski definition) is 9. The summed E-state index contributed by atoms with van der Waals surface area (Å²) in [6, 6.07) is 9.64. The minimum Gasteiger partial charge on any atom is -0.453 e. The van der Waals surface area contributed by atoms with Crippen molar-refractivity contribution >= 4 is 17.9 Å². The standard InChI is InChI=1S/C23H23NO8/c1-2-6-19(25)30-16-9-4-3-8-15(16)23(27)32-18-13-29-20-17(12-28-21(18)20)31-22(26)14-7-5-10-24-11-14/h3-5,7-11,17-18,20-21H,2,6,12-13H2,1H3/t17-,18+,20-,21-/m1/s1. The van der Waals surface area contributed by atoms with Crippen LogP contribution >= 0.6 is 0 Å². The van der Waals surface area contributed by atoms with Gasteiger partial charge in [-0.2, -0.15) is 0 Å². The van der Waals surface area contributed by atoms with E-state index in [1.807, 2.05) is 6.92 Å². The Hall–Kier alpha value is -3.30. The summed E-state index contributed by atoms with van der Waals surface area (Å²) in [6.45, 7) is 2.08. The van der Waals surface area contributed by atoms with Crippen molar-refractivity contribution in [2.75, 3.05) is 13.2 Å². The Morgan fingerprint density at radius 2 is 1.66 bits per heavy atom. The van der Waals surface area contributed by atoms with Gasteiger partial charge in [-0.3, -0.25) is 9.78 Å². The first kappa shape index (κ1) is 21.9. The molecule has 0 bridgehead atoms. The van der Waals surface area contributed by atoms with Crippen LogP contribution in [0.1, 0.15) is 40.5 Å². The van der Waals surface area contributed by atoms with Crippen molar-refractivity contribution in [3.8, 4) is 5.75 Å². The second-order valence-corrected chi connectivity index (χ2v) is 7.45. The Labute approximate surface area is 184 Å². The van der Waals surface area contributed by atoms with E-state index in [9.17, 15) is 14.4 Å². The number of fused-ring (bicyclic) bond motifs is 1. The lowest BCUT2D eigenvalue weighted by molar-refractivity contribution is -0.134. The molecular weight excluding hydrogens is 418 g/mol. The van der Waals surface area contributed by atoms with Crippen molar-refractivity contribution in [3.63, 3.8) is 0 Å². The molecule has 4 atom stereocenters. The molecule has 0 aliphatic carbocycles. The van der Waals surface area contributed by atoms with Gasteiger partial charge in [0.15, 0.2) is 12.2 Å². The summed E-state index contributed by atoms with van der Waals surface area (Å²) < 4.78 is 27.8. The maximum absolute atomic E-state index is 12.8. The second kappa shape index (κ2) is 9.88. The van der Waals surface area contributed by atoms with Crippen molar-refractivity contribution in [1.82, 2.24) is 4.98 Å². The monoisotopic (exact) mass is 441 g/mol. The SMILES string of the molecule is CCCC(=O)Oc1ccccc1C(=O)O[C@H]1CO[C@H]2[C@@H]1OC[C@H]2OC(=O)c1cccnc1. The lowest BCUT2D eigenvalue weighted by Crippen LogP contribution is -2.36. The fourth-order valence-corrected chi connectivity index (χ4v) is 3.62. The van der Waals surface area contributed by atoms with E-state index in [1.165, 1.54) is 18.3 Å². The van der Waals surface area contributed by atoms with Crippen LogP contribution in [-0.2, 0) is 23.7 Å². The van der Waals surface area contributed by atoms with Crippen molar-refractivity contribution < 1.29 is 38.1 Å². The average Bonchev–Trinajstić information content (AvgIpc) is 3.38. The number of para-hydroxylation sites is 1. The highest BCUT2D eigenvalue weighted by Gasteiger charge is 2.51. The first-order valence-electron chi connectivity index (χ1n) is 10.4. The fourth-order valence-electron chi connectivity index (χ4n) is 3.62. The van der Waals surface area contributed by atoms with Crippen molar-refractivity contribution in [2.24, 2.45) is 0 Å². The normalized spacial score (nSPS) is 23.9. The fraction of sp³-hybridized carbons (Fsp3) is 0.391. The van der Waals surface area contributed by atoms with Gasteiger partial charge in [0.25, 0.3) is 0 Å². The minimum atomic E-state index is -0.686. The molecule has 0 radical (unpaired) electrons. The quantitative estimate of drug-likeness (QED) is 0.472. The van der Waals surface area contributed by atoms with Crippen LogP contribution in [0, 0.1) is 0 Å². The number of esters is 3. The molecule has 2 aliphatic rings. The van der Waals surface area contributed by atoms with Crippen LogP contribution in [0.4, 0.5) is 0 Å². The molecule has 0 spiro atoms. The number of aromatic nitrogens is 1. The summed E-state index contributed by atoms with van der Waals surface area (Å²) in [5.41, 5.74) is 0.462. The van der Waals surface area contributed by atoms with Gasteiger partial charge in [0.1, 0.15) is 23.5 Å². The molecule has 0 amide bonds. The lowest BCUT2D eigenvalue weighted by Gasteiger charge is -2.18. The second-order valence-electron chi connectivity index (χ2n) is 7.45. The molecule has 4 rings (SSSR count). The number of carbonyl (C=O) groups excluding carboxylic acids is 3. The number of nitrogens with zero attached hydrogens (tertiary/aromatic N) is 1. The number of ether oxygens (including phenoxy) is 5. The molecule has 2 saturated heterocycles. The molecule has 0 unspecified atom stereocenters. The summed E-state index contributed by atoms with van der Waals surface area (Å²) in [4.78, 5) is 40.8. The van der Waals surface area contributed by atoms with E-state index in [0.717, 1.165) is 0 Å². The van der Waals surface area contributed by atoms with E-state index >= 15 is 0 Å². The van der Waals surface area contributed by atoms with Gasteiger partial charge in [0.05, 0.1) is 18.8 Å². The third-order valence-corrected chi connectivity index (χ3v) is 5.16. The van der Waals surface area contributed by atoms with Gasteiger partial charge in [-0.15, -0.1) is 0 Å². The largest absolute Gasteiger partial charge is 0.453 e. The van der Waals surface area contributed by atoms with Gasteiger partial charge >= 0.3 is 17.9 Å². The number of pyridine rings is 1. The van der Waals surface area contributed by atoms with Crippen LogP contribution in [0.25, 0.3) is 0 Å². The van der Waals surface area contributed by atoms with Gasteiger partial charge in [-0.25, -0.2) is 9.59 Å². The smallest absolute Gasteiger partial charge is 0.342 e. The third-order valence-electron chi connectivity index (χ3n) is 5.16. The van der Waals surface area contributed by atoms with Crippen molar-refractivity contribution in [1.29, 1.82) is 0 Å².